The van der Waals surface area contributed by atoms with E-state index in [0.717, 1.165) is 11.3 Å². The molecule has 0 aromatic heterocycles. The third-order valence-corrected chi connectivity index (χ3v) is 1.90. The smallest absolute Gasteiger partial charge is 0.133 e. The van der Waals surface area contributed by atoms with Crippen LogP contribution in [0, 0.1) is 0 Å². The lowest BCUT2D eigenvalue weighted by Crippen LogP contribution is -2.18. The molecule has 1 N–H and O–H groups in total. The maximum Gasteiger partial charge on any atom is 0.133 e. The standard InChI is InChI=1S/C10H15NO2/c1-11(2)10(12)8-4-6-9(13-3)7-5-8/h4-7,10,12H,1-3H3. The zero-order valence-electron chi connectivity index (χ0n) is 8.19. The van der Waals surface area contributed by atoms with Gasteiger partial charge in [0, 0.05) is 0 Å². The summed E-state index contributed by atoms with van der Waals surface area (Å²) >= 11 is 0. The Morgan fingerprint density at radius 2 is 1.77 bits per heavy atom. The van der Waals surface area contributed by atoms with Crippen molar-refractivity contribution in [3.63, 3.8) is 0 Å². The van der Waals surface area contributed by atoms with Gasteiger partial charge in [-0.1, -0.05) is 12.1 Å². The van der Waals surface area contributed by atoms with E-state index in [9.17, 15) is 5.11 Å². The van der Waals surface area contributed by atoms with E-state index in [0.29, 0.717) is 0 Å². The van der Waals surface area contributed by atoms with Crippen molar-refractivity contribution in [3.8, 4) is 5.75 Å². The van der Waals surface area contributed by atoms with E-state index in [2.05, 4.69) is 0 Å². The summed E-state index contributed by atoms with van der Waals surface area (Å²) in [5.74, 6) is 0.801. The van der Waals surface area contributed by atoms with Crippen LogP contribution in [0.4, 0.5) is 0 Å². The first-order valence-electron chi connectivity index (χ1n) is 4.13. The molecule has 1 aromatic rings. The van der Waals surface area contributed by atoms with Gasteiger partial charge in [0.1, 0.15) is 12.0 Å². The van der Waals surface area contributed by atoms with Gasteiger partial charge in [-0.25, -0.2) is 0 Å². The number of nitrogens with zero attached hydrogens (tertiary/aromatic N) is 1. The molecular weight excluding hydrogens is 166 g/mol. The van der Waals surface area contributed by atoms with Gasteiger partial charge in [0.15, 0.2) is 0 Å². The Hall–Kier alpha value is -1.06. The fourth-order valence-corrected chi connectivity index (χ4v) is 1.07. The van der Waals surface area contributed by atoms with Gasteiger partial charge in [0.2, 0.25) is 0 Å². The fraction of sp³-hybridized carbons (Fsp3) is 0.400. The number of ether oxygens (including phenoxy) is 1. The average molecular weight is 181 g/mol. The lowest BCUT2D eigenvalue weighted by Gasteiger charge is -2.18. The highest BCUT2D eigenvalue weighted by atomic mass is 16.5. The topological polar surface area (TPSA) is 32.7 Å². The largest absolute Gasteiger partial charge is 0.497 e. The van der Waals surface area contributed by atoms with E-state index < -0.39 is 6.23 Å². The molecule has 1 unspecified atom stereocenters. The van der Waals surface area contributed by atoms with Crippen molar-refractivity contribution in [2.75, 3.05) is 21.2 Å². The number of rotatable bonds is 3. The van der Waals surface area contributed by atoms with Gasteiger partial charge in [-0.3, -0.25) is 4.90 Å². The van der Waals surface area contributed by atoms with Gasteiger partial charge >= 0.3 is 0 Å². The van der Waals surface area contributed by atoms with Crippen LogP contribution in [0.1, 0.15) is 11.8 Å². The Kier molecular flexibility index (Phi) is 3.28. The number of aliphatic hydroxyl groups excluding tert-OH is 1. The summed E-state index contributed by atoms with van der Waals surface area (Å²) in [4.78, 5) is 1.74. The summed E-state index contributed by atoms with van der Waals surface area (Å²) in [6.07, 6.45) is -0.550. The molecule has 1 atom stereocenters. The normalized spacial score (nSPS) is 13.0. The third-order valence-electron chi connectivity index (χ3n) is 1.90. The molecule has 0 fully saturated rings. The Bertz CT molecular complexity index is 256. The van der Waals surface area contributed by atoms with Gasteiger partial charge in [0.05, 0.1) is 7.11 Å². The van der Waals surface area contributed by atoms with E-state index >= 15 is 0 Å². The molecule has 3 nitrogen and oxygen atoms in total. The van der Waals surface area contributed by atoms with Crippen molar-refractivity contribution in [2.24, 2.45) is 0 Å². The van der Waals surface area contributed by atoms with E-state index in [1.165, 1.54) is 0 Å². The van der Waals surface area contributed by atoms with Crippen LogP contribution in [0.15, 0.2) is 24.3 Å². The number of benzene rings is 1. The lowest BCUT2D eigenvalue weighted by atomic mass is 10.2. The molecule has 0 aliphatic heterocycles. The molecule has 1 aromatic carbocycles. The van der Waals surface area contributed by atoms with Gasteiger partial charge in [0.25, 0.3) is 0 Å². The summed E-state index contributed by atoms with van der Waals surface area (Å²) in [5, 5.41) is 9.65. The highest BCUT2D eigenvalue weighted by molar-refractivity contribution is 5.28. The molecule has 0 radical (unpaired) electrons. The summed E-state index contributed by atoms with van der Waals surface area (Å²) in [7, 11) is 5.28. The Balaban J connectivity index is 2.79. The zero-order valence-corrected chi connectivity index (χ0v) is 8.19. The minimum absolute atomic E-state index is 0.550. The van der Waals surface area contributed by atoms with E-state index in [4.69, 9.17) is 4.74 Å². The molecule has 13 heavy (non-hydrogen) atoms. The van der Waals surface area contributed by atoms with Crippen molar-refractivity contribution in [2.45, 2.75) is 6.23 Å². The van der Waals surface area contributed by atoms with Gasteiger partial charge < -0.3 is 9.84 Å². The second kappa shape index (κ2) is 4.25. The molecule has 0 spiro atoms. The van der Waals surface area contributed by atoms with Crippen LogP contribution in [-0.2, 0) is 0 Å². The van der Waals surface area contributed by atoms with Crippen LogP contribution >= 0.6 is 0 Å². The van der Waals surface area contributed by atoms with Crippen LogP contribution in [0.3, 0.4) is 0 Å². The lowest BCUT2D eigenvalue weighted by molar-refractivity contribution is 0.0395. The maximum absolute atomic E-state index is 9.65. The predicted molar refractivity (Wildman–Crippen MR) is 51.6 cm³/mol. The Morgan fingerprint density at radius 3 is 2.15 bits per heavy atom. The van der Waals surface area contributed by atoms with Gasteiger partial charge in [-0.2, -0.15) is 0 Å². The SMILES string of the molecule is COc1ccc(C(O)N(C)C)cc1. The van der Waals surface area contributed by atoms with Crippen LogP contribution in [-0.4, -0.2) is 31.2 Å². The number of hydrogen-bond donors (Lipinski definition) is 1. The molecule has 0 heterocycles. The van der Waals surface area contributed by atoms with Crippen LogP contribution in [0.5, 0.6) is 5.75 Å². The molecule has 0 saturated carbocycles. The fourth-order valence-electron chi connectivity index (χ4n) is 1.07. The second-order valence-electron chi connectivity index (χ2n) is 3.11. The molecule has 0 aliphatic rings. The minimum atomic E-state index is -0.550. The molecule has 0 aliphatic carbocycles. The molecule has 0 bridgehead atoms. The summed E-state index contributed by atoms with van der Waals surface area (Å²) in [6, 6.07) is 7.37. The minimum Gasteiger partial charge on any atom is -0.497 e. The summed E-state index contributed by atoms with van der Waals surface area (Å²) in [6.45, 7) is 0. The van der Waals surface area contributed by atoms with E-state index in [1.807, 2.05) is 38.4 Å². The monoisotopic (exact) mass is 181 g/mol. The molecule has 0 amide bonds. The molecule has 1 rings (SSSR count). The summed E-state index contributed by atoms with van der Waals surface area (Å²) in [5.41, 5.74) is 0.866. The van der Waals surface area contributed by atoms with Crippen molar-refractivity contribution in [1.29, 1.82) is 0 Å². The van der Waals surface area contributed by atoms with Gasteiger partial charge in [-0.05, 0) is 31.8 Å². The Labute approximate surface area is 78.6 Å². The van der Waals surface area contributed by atoms with Crippen molar-refractivity contribution < 1.29 is 9.84 Å². The van der Waals surface area contributed by atoms with Crippen molar-refractivity contribution >= 4 is 0 Å². The highest BCUT2D eigenvalue weighted by Crippen LogP contribution is 2.18. The predicted octanol–water partition coefficient (Wildman–Crippen LogP) is 1.25. The number of methoxy groups -OCH3 is 1. The number of hydrogen-bond acceptors (Lipinski definition) is 3. The van der Waals surface area contributed by atoms with Crippen LogP contribution < -0.4 is 4.74 Å². The maximum atomic E-state index is 9.65. The van der Waals surface area contributed by atoms with Crippen LogP contribution in [0.25, 0.3) is 0 Å². The summed E-state index contributed by atoms with van der Waals surface area (Å²) < 4.78 is 5.01. The first-order chi connectivity index (χ1) is 6.15. The van der Waals surface area contributed by atoms with E-state index in [-0.39, 0.29) is 0 Å². The number of aliphatic hydroxyl groups is 1. The molecular formula is C10H15NO2. The molecule has 3 heteroatoms. The van der Waals surface area contributed by atoms with Crippen molar-refractivity contribution in [1.82, 2.24) is 4.90 Å². The highest BCUT2D eigenvalue weighted by Gasteiger charge is 2.08. The quantitative estimate of drug-likeness (QED) is 0.712. The second-order valence-corrected chi connectivity index (χ2v) is 3.11. The van der Waals surface area contributed by atoms with Crippen molar-refractivity contribution in [3.05, 3.63) is 29.8 Å². The Morgan fingerprint density at radius 1 is 1.23 bits per heavy atom. The molecule has 0 saturated heterocycles. The van der Waals surface area contributed by atoms with E-state index in [1.54, 1.807) is 12.0 Å². The third kappa shape index (κ3) is 2.44. The zero-order chi connectivity index (χ0) is 9.84. The van der Waals surface area contributed by atoms with Gasteiger partial charge in [-0.15, -0.1) is 0 Å². The first-order valence-corrected chi connectivity index (χ1v) is 4.13. The first kappa shape index (κ1) is 10.0. The average Bonchev–Trinajstić information content (AvgIpc) is 2.17. The molecule has 72 valence electrons. The van der Waals surface area contributed by atoms with Crippen LogP contribution in [0.2, 0.25) is 0 Å².